The van der Waals surface area contributed by atoms with Crippen LogP contribution in [-0.4, -0.2) is 29.4 Å². The fraction of sp³-hybridized carbons (Fsp3) is 0.900. The van der Waals surface area contributed by atoms with Crippen LogP contribution in [-0.2, 0) is 4.79 Å². The third kappa shape index (κ3) is 1.85. The number of carbonyl (C=O) groups is 1. The van der Waals surface area contributed by atoms with Crippen molar-refractivity contribution in [3.8, 4) is 0 Å². The fourth-order valence-corrected chi connectivity index (χ4v) is 1.95. The van der Waals surface area contributed by atoms with Crippen molar-refractivity contribution < 1.29 is 4.79 Å². The third-order valence-electron chi connectivity index (χ3n) is 3.31. The molecule has 0 radical (unpaired) electrons. The van der Waals surface area contributed by atoms with Gasteiger partial charge in [0.2, 0.25) is 5.91 Å². The molecule has 76 valence electrons. The smallest absolute Gasteiger partial charge is 0.239 e. The second kappa shape index (κ2) is 3.66. The normalized spacial score (nSPS) is 36.4. The summed E-state index contributed by atoms with van der Waals surface area (Å²) >= 11 is 0. The third-order valence-corrected chi connectivity index (χ3v) is 3.31. The molecule has 1 heterocycles. The summed E-state index contributed by atoms with van der Waals surface area (Å²) in [6.45, 7) is 9.11. The molecule has 3 nitrogen and oxygen atoms in total. The van der Waals surface area contributed by atoms with Gasteiger partial charge in [0.15, 0.2) is 0 Å². The first-order chi connectivity index (χ1) is 5.95. The Kier molecular flexibility index (Phi) is 2.96. The molecule has 2 N–H and O–H groups in total. The van der Waals surface area contributed by atoms with Crippen LogP contribution in [0.1, 0.15) is 27.7 Å². The average Bonchev–Trinajstić information content (AvgIpc) is 2.31. The zero-order chi connectivity index (χ0) is 10.2. The van der Waals surface area contributed by atoms with E-state index in [0.717, 1.165) is 6.54 Å². The summed E-state index contributed by atoms with van der Waals surface area (Å²) in [7, 11) is 0. The number of hydrogen-bond acceptors (Lipinski definition) is 2. The lowest BCUT2D eigenvalue weighted by Gasteiger charge is -2.24. The second-order valence-corrected chi connectivity index (χ2v) is 4.36. The maximum atomic E-state index is 11.6. The van der Waals surface area contributed by atoms with E-state index >= 15 is 0 Å². The van der Waals surface area contributed by atoms with E-state index in [-0.39, 0.29) is 11.9 Å². The Hall–Kier alpha value is -0.570. The first-order valence-electron chi connectivity index (χ1n) is 5.01. The lowest BCUT2D eigenvalue weighted by atomic mass is 9.95. The van der Waals surface area contributed by atoms with E-state index in [1.165, 1.54) is 0 Å². The van der Waals surface area contributed by atoms with Gasteiger partial charge >= 0.3 is 0 Å². The highest BCUT2D eigenvalue weighted by Crippen LogP contribution is 2.28. The molecule has 13 heavy (non-hydrogen) atoms. The van der Waals surface area contributed by atoms with E-state index in [2.05, 4.69) is 20.8 Å². The summed E-state index contributed by atoms with van der Waals surface area (Å²) < 4.78 is 0. The monoisotopic (exact) mass is 184 g/mol. The lowest BCUT2D eigenvalue weighted by Crippen LogP contribution is -2.44. The molecule has 1 aliphatic rings. The molecule has 1 rings (SSSR count). The van der Waals surface area contributed by atoms with Crippen molar-refractivity contribution in [2.24, 2.45) is 17.6 Å². The van der Waals surface area contributed by atoms with Crippen LogP contribution in [0, 0.1) is 11.8 Å². The van der Waals surface area contributed by atoms with E-state index in [1.54, 1.807) is 6.92 Å². The van der Waals surface area contributed by atoms with Crippen LogP contribution in [0.15, 0.2) is 0 Å². The summed E-state index contributed by atoms with van der Waals surface area (Å²) in [6, 6.07) is -0.0200. The largest absolute Gasteiger partial charge is 0.338 e. The molecular formula is C10H20N2O. The van der Waals surface area contributed by atoms with E-state index < -0.39 is 0 Å². The Morgan fingerprint density at radius 1 is 1.46 bits per heavy atom. The van der Waals surface area contributed by atoms with Crippen molar-refractivity contribution in [2.45, 2.75) is 39.8 Å². The van der Waals surface area contributed by atoms with Crippen LogP contribution >= 0.6 is 0 Å². The van der Waals surface area contributed by atoms with Gasteiger partial charge in [0.1, 0.15) is 0 Å². The Labute approximate surface area is 80.3 Å². The Balaban J connectivity index is 2.68. The topological polar surface area (TPSA) is 46.3 Å². The van der Waals surface area contributed by atoms with Crippen LogP contribution in [0.5, 0.6) is 0 Å². The minimum absolute atomic E-state index is 0.0868. The summed E-state index contributed by atoms with van der Waals surface area (Å²) in [5.74, 6) is 1.27. The number of rotatable bonds is 1. The summed E-state index contributed by atoms with van der Waals surface area (Å²) in [4.78, 5) is 13.6. The maximum absolute atomic E-state index is 11.6. The molecule has 1 fully saturated rings. The molecule has 1 saturated heterocycles. The highest BCUT2D eigenvalue weighted by atomic mass is 16.2. The van der Waals surface area contributed by atoms with Crippen LogP contribution in [0.3, 0.4) is 0 Å². The standard InChI is InChI=1S/C10H20N2O/c1-6-5-12(9(4)7(6)2)10(13)8(3)11/h6-9H,5,11H2,1-4H3/t6?,7?,8-,9?/m1/s1. The van der Waals surface area contributed by atoms with Gasteiger partial charge in [-0.2, -0.15) is 0 Å². The molecule has 0 bridgehead atoms. The minimum Gasteiger partial charge on any atom is -0.338 e. The van der Waals surface area contributed by atoms with Gasteiger partial charge in [-0.15, -0.1) is 0 Å². The molecule has 0 spiro atoms. The van der Waals surface area contributed by atoms with Gasteiger partial charge in [-0.3, -0.25) is 4.79 Å². The van der Waals surface area contributed by atoms with Crippen molar-refractivity contribution in [3.05, 3.63) is 0 Å². The molecule has 0 aromatic carbocycles. The van der Waals surface area contributed by atoms with E-state index in [1.807, 2.05) is 4.90 Å². The predicted octanol–water partition coefficient (Wildman–Crippen LogP) is 0.837. The van der Waals surface area contributed by atoms with Gasteiger partial charge < -0.3 is 10.6 Å². The van der Waals surface area contributed by atoms with Gasteiger partial charge in [0, 0.05) is 12.6 Å². The number of hydrogen-bond donors (Lipinski definition) is 1. The van der Waals surface area contributed by atoms with Crippen molar-refractivity contribution in [3.63, 3.8) is 0 Å². The van der Waals surface area contributed by atoms with E-state index in [0.29, 0.717) is 17.9 Å². The highest BCUT2D eigenvalue weighted by Gasteiger charge is 2.36. The highest BCUT2D eigenvalue weighted by molar-refractivity contribution is 5.81. The molecular weight excluding hydrogens is 164 g/mol. The quantitative estimate of drug-likeness (QED) is 0.656. The summed E-state index contributed by atoms with van der Waals surface area (Å²) in [5, 5.41) is 0. The summed E-state index contributed by atoms with van der Waals surface area (Å²) in [6.07, 6.45) is 0. The first kappa shape index (κ1) is 10.5. The number of amides is 1. The average molecular weight is 184 g/mol. The summed E-state index contributed by atoms with van der Waals surface area (Å²) in [5.41, 5.74) is 5.58. The Bertz CT molecular complexity index is 203. The van der Waals surface area contributed by atoms with Gasteiger partial charge in [0.25, 0.3) is 0 Å². The molecule has 0 saturated carbocycles. The second-order valence-electron chi connectivity index (χ2n) is 4.36. The molecule has 3 heteroatoms. The van der Waals surface area contributed by atoms with Gasteiger partial charge in [-0.05, 0) is 25.7 Å². The first-order valence-corrected chi connectivity index (χ1v) is 5.01. The SMILES string of the molecule is CC1CN(C(=O)[C@@H](C)N)C(C)C1C. The van der Waals surface area contributed by atoms with Gasteiger partial charge in [-0.1, -0.05) is 13.8 Å². The molecule has 0 aromatic rings. The Morgan fingerprint density at radius 2 is 2.00 bits per heavy atom. The molecule has 3 unspecified atom stereocenters. The number of nitrogens with two attached hydrogens (primary N) is 1. The predicted molar refractivity (Wildman–Crippen MR) is 53.2 cm³/mol. The van der Waals surface area contributed by atoms with Crippen LogP contribution < -0.4 is 5.73 Å². The van der Waals surface area contributed by atoms with Gasteiger partial charge in [0.05, 0.1) is 6.04 Å². The molecule has 1 amide bonds. The minimum atomic E-state index is -0.361. The van der Waals surface area contributed by atoms with Crippen molar-refractivity contribution in [2.75, 3.05) is 6.54 Å². The lowest BCUT2D eigenvalue weighted by molar-refractivity contribution is -0.133. The van der Waals surface area contributed by atoms with Gasteiger partial charge in [-0.25, -0.2) is 0 Å². The van der Waals surface area contributed by atoms with Crippen molar-refractivity contribution in [1.82, 2.24) is 4.90 Å². The molecule has 4 atom stereocenters. The fourth-order valence-electron chi connectivity index (χ4n) is 1.95. The zero-order valence-electron chi connectivity index (χ0n) is 8.95. The number of carbonyl (C=O) groups excluding carboxylic acids is 1. The Morgan fingerprint density at radius 3 is 2.31 bits per heavy atom. The van der Waals surface area contributed by atoms with E-state index in [4.69, 9.17) is 5.73 Å². The number of nitrogens with zero attached hydrogens (tertiary/aromatic N) is 1. The maximum Gasteiger partial charge on any atom is 0.239 e. The molecule has 0 aliphatic carbocycles. The van der Waals surface area contributed by atoms with Crippen LogP contribution in [0.4, 0.5) is 0 Å². The van der Waals surface area contributed by atoms with E-state index in [9.17, 15) is 4.79 Å². The van der Waals surface area contributed by atoms with Crippen LogP contribution in [0.25, 0.3) is 0 Å². The molecule has 1 aliphatic heterocycles. The number of likely N-dealkylation sites (tertiary alicyclic amines) is 1. The van der Waals surface area contributed by atoms with Crippen molar-refractivity contribution >= 4 is 5.91 Å². The van der Waals surface area contributed by atoms with Crippen molar-refractivity contribution in [1.29, 1.82) is 0 Å². The molecule has 0 aromatic heterocycles. The van der Waals surface area contributed by atoms with Crippen LogP contribution in [0.2, 0.25) is 0 Å². The zero-order valence-corrected chi connectivity index (χ0v) is 8.95.